The summed E-state index contributed by atoms with van der Waals surface area (Å²) in [6, 6.07) is 2.13. The molecule has 2 aromatic rings. The van der Waals surface area contributed by atoms with Crippen LogP contribution in [0, 0.1) is 18.6 Å². The van der Waals surface area contributed by atoms with Crippen molar-refractivity contribution < 1.29 is 21.7 Å². The van der Waals surface area contributed by atoms with Crippen LogP contribution in [0.1, 0.15) is 5.69 Å². The maximum Gasteiger partial charge on any atom is 0.267 e. The number of halogens is 3. The number of hydrogen-bond donors (Lipinski definition) is 1. The van der Waals surface area contributed by atoms with Gasteiger partial charge in [0.15, 0.2) is 0 Å². The number of hydrogen-bond acceptors (Lipinski definition) is 4. The van der Waals surface area contributed by atoms with Crippen LogP contribution in [0.15, 0.2) is 32.1 Å². The molecule has 0 aliphatic rings. The average molecular weight is 353 g/mol. The van der Waals surface area contributed by atoms with Crippen molar-refractivity contribution in [3.05, 3.63) is 40.0 Å². The highest BCUT2D eigenvalue weighted by atomic mass is 79.9. The SMILES string of the molecule is Cc1noc(NS(=O)(=O)c2cc(F)ccc2F)c1Br. The molecule has 1 aromatic heterocycles. The molecule has 0 radical (unpaired) electrons. The molecule has 0 spiro atoms. The summed E-state index contributed by atoms with van der Waals surface area (Å²) < 4.78 is 57.2. The predicted molar refractivity (Wildman–Crippen MR) is 66.1 cm³/mol. The Morgan fingerprint density at radius 1 is 1.37 bits per heavy atom. The highest BCUT2D eigenvalue weighted by Gasteiger charge is 2.23. The van der Waals surface area contributed by atoms with Crippen molar-refractivity contribution in [2.24, 2.45) is 0 Å². The van der Waals surface area contributed by atoms with Gasteiger partial charge in [-0.3, -0.25) is 0 Å². The first-order valence-corrected chi connectivity index (χ1v) is 7.18. The fourth-order valence-corrected chi connectivity index (χ4v) is 2.74. The van der Waals surface area contributed by atoms with E-state index in [-0.39, 0.29) is 10.4 Å². The zero-order valence-electron chi connectivity index (χ0n) is 9.45. The molecule has 0 amide bonds. The second kappa shape index (κ2) is 4.89. The predicted octanol–water partition coefficient (Wildman–Crippen LogP) is 2.82. The highest BCUT2D eigenvalue weighted by molar-refractivity contribution is 9.10. The Bertz CT molecular complexity index is 730. The minimum absolute atomic E-state index is 0.207. The second-order valence-corrected chi connectivity index (χ2v) is 6.04. The van der Waals surface area contributed by atoms with E-state index in [0.29, 0.717) is 11.8 Å². The summed E-state index contributed by atoms with van der Waals surface area (Å²) in [5, 5.41) is 3.52. The van der Waals surface area contributed by atoms with Gasteiger partial charge >= 0.3 is 0 Å². The Morgan fingerprint density at radius 3 is 2.63 bits per heavy atom. The smallest absolute Gasteiger partial charge is 0.267 e. The lowest BCUT2D eigenvalue weighted by molar-refractivity contribution is 0.430. The number of benzene rings is 1. The highest BCUT2D eigenvalue weighted by Crippen LogP contribution is 2.28. The molecule has 19 heavy (non-hydrogen) atoms. The zero-order valence-corrected chi connectivity index (χ0v) is 11.8. The summed E-state index contributed by atoms with van der Waals surface area (Å²) >= 11 is 3.06. The first-order valence-electron chi connectivity index (χ1n) is 4.91. The third kappa shape index (κ3) is 2.76. The largest absolute Gasteiger partial charge is 0.336 e. The molecule has 102 valence electrons. The quantitative estimate of drug-likeness (QED) is 0.921. The van der Waals surface area contributed by atoms with Crippen LogP contribution in [0.5, 0.6) is 0 Å². The molecule has 0 saturated carbocycles. The van der Waals surface area contributed by atoms with Gasteiger partial charge < -0.3 is 4.52 Å². The molecule has 0 aliphatic carbocycles. The van der Waals surface area contributed by atoms with Crippen LogP contribution >= 0.6 is 15.9 Å². The number of anilines is 1. The maximum atomic E-state index is 13.4. The van der Waals surface area contributed by atoms with Gasteiger partial charge in [-0.25, -0.2) is 21.9 Å². The summed E-state index contributed by atoms with van der Waals surface area (Å²) in [5.74, 6) is -2.14. The number of nitrogens with zero attached hydrogens (tertiary/aromatic N) is 1. The molecule has 0 fully saturated rings. The van der Waals surface area contributed by atoms with E-state index in [9.17, 15) is 17.2 Å². The summed E-state index contributed by atoms with van der Waals surface area (Å²) in [6.07, 6.45) is 0. The Labute approximate surface area is 115 Å². The van der Waals surface area contributed by atoms with Crippen molar-refractivity contribution in [3.8, 4) is 0 Å². The van der Waals surface area contributed by atoms with Crippen LogP contribution in [0.3, 0.4) is 0 Å². The van der Waals surface area contributed by atoms with Crippen LogP contribution in [0.4, 0.5) is 14.7 Å². The number of aromatic nitrogens is 1. The van der Waals surface area contributed by atoms with Gasteiger partial charge in [0, 0.05) is 0 Å². The summed E-state index contributed by atoms with van der Waals surface area (Å²) in [5.41, 5.74) is 0.414. The van der Waals surface area contributed by atoms with Crippen LogP contribution in [0.25, 0.3) is 0 Å². The van der Waals surface area contributed by atoms with Crippen molar-refractivity contribution in [1.29, 1.82) is 0 Å². The van der Waals surface area contributed by atoms with Crippen LogP contribution in [-0.4, -0.2) is 13.6 Å². The lowest BCUT2D eigenvalue weighted by Gasteiger charge is -2.06. The number of aryl methyl sites for hydroxylation is 1. The van der Waals surface area contributed by atoms with E-state index in [0.717, 1.165) is 12.1 Å². The van der Waals surface area contributed by atoms with Gasteiger partial charge in [0.2, 0.25) is 0 Å². The van der Waals surface area contributed by atoms with E-state index in [1.165, 1.54) is 0 Å². The fourth-order valence-electron chi connectivity index (χ4n) is 1.28. The average Bonchev–Trinajstić information content (AvgIpc) is 2.63. The first kappa shape index (κ1) is 13.9. The minimum atomic E-state index is -4.30. The number of sulfonamides is 1. The standard InChI is InChI=1S/C10H7BrF2N2O3S/c1-5-9(11)10(18-14-5)15-19(16,17)8-4-6(12)2-3-7(8)13/h2-4,15H,1H3. The molecule has 2 rings (SSSR count). The molecule has 0 bridgehead atoms. The molecule has 0 aliphatic heterocycles. The molecule has 1 aromatic carbocycles. The van der Waals surface area contributed by atoms with Crippen molar-refractivity contribution in [2.45, 2.75) is 11.8 Å². The summed E-state index contributed by atoms with van der Waals surface area (Å²) in [4.78, 5) is -0.812. The van der Waals surface area contributed by atoms with Crippen molar-refractivity contribution in [3.63, 3.8) is 0 Å². The van der Waals surface area contributed by atoms with Gasteiger partial charge in [-0.15, -0.1) is 0 Å². The van der Waals surface area contributed by atoms with E-state index < -0.39 is 26.6 Å². The van der Waals surface area contributed by atoms with Crippen molar-refractivity contribution in [2.75, 3.05) is 4.72 Å². The van der Waals surface area contributed by atoms with Crippen LogP contribution in [0.2, 0.25) is 0 Å². The van der Waals surface area contributed by atoms with Crippen LogP contribution in [-0.2, 0) is 10.0 Å². The van der Waals surface area contributed by atoms with Gasteiger partial charge in [-0.05, 0) is 41.1 Å². The lowest BCUT2D eigenvalue weighted by atomic mass is 10.3. The van der Waals surface area contributed by atoms with E-state index in [4.69, 9.17) is 4.52 Å². The lowest BCUT2D eigenvalue weighted by Crippen LogP contribution is -2.14. The summed E-state index contributed by atoms with van der Waals surface area (Å²) in [7, 11) is -4.30. The van der Waals surface area contributed by atoms with E-state index >= 15 is 0 Å². The topological polar surface area (TPSA) is 72.2 Å². The second-order valence-electron chi connectivity index (χ2n) is 3.59. The first-order chi connectivity index (χ1) is 8.81. The monoisotopic (exact) mass is 352 g/mol. The van der Waals surface area contributed by atoms with Gasteiger partial charge in [-0.2, -0.15) is 0 Å². The van der Waals surface area contributed by atoms with Crippen molar-refractivity contribution >= 4 is 31.8 Å². The van der Waals surface area contributed by atoms with Crippen molar-refractivity contribution in [1.82, 2.24) is 5.16 Å². The molecule has 5 nitrogen and oxygen atoms in total. The van der Waals surface area contributed by atoms with E-state index in [1.807, 2.05) is 4.72 Å². The molecule has 0 saturated heterocycles. The minimum Gasteiger partial charge on any atom is -0.336 e. The molecular formula is C10H7BrF2N2O3S. The van der Waals surface area contributed by atoms with E-state index in [1.54, 1.807) is 6.92 Å². The Morgan fingerprint density at radius 2 is 2.05 bits per heavy atom. The molecule has 0 atom stereocenters. The Kier molecular flexibility index (Phi) is 3.59. The molecule has 1 heterocycles. The zero-order chi connectivity index (χ0) is 14.2. The van der Waals surface area contributed by atoms with Gasteiger partial charge in [0.05, 0.1) is 5.69 Å². The van der Waals surface area contributed by atoms with Gasteiger partial charge in [0.1, 0.15) is 21.0 Å². The molecule has 1 N–H and O–H groups in total. The maximum absolute atomic E-state index is 13.4. The number of nitrogens with one attached hydrogen (secondary N) is 1. The molecular weight excluding hydrogens is 346 g/mol. The third-order valence-corrected chi connectivity index (χ3v) is 4.48. The fraction of sp³-hybridized carbons (Fsp3) is 0.100. The van der Waals surface area contributed by atoms with E-state index in [2.05, 4.69) is 21.1 Å². The van der Waals surface area contributed by atoms with Gasteiger partial charge in [0.25, 0.3) is 15.9 Å². The molecule has 0 unspecified atom stereocenters. The molecule has 9 heteroatoms. The van der Waals surface area contributed by atoms with Crippen LogP contribution < -0.4 is 4.72 Å². The Hall–Kier alpha value is -1.48. The normalized spacial score (nSPS) is 11.6. The summed E-state index contributed by atoms with van der Waals surface area (Å²) in [6.45, 7) is 1.58. The third-order valence-electron chi connectivity index (χ3n) is 2.20. The Balaban J connectivity index is 2.43. The van der Waals surface area contributed by atoms with Gasteiger partial charge in [-0.1, -0.05) is 5.16 Å². The number of rotatable bonds is 3.